The molecule has 0 unspecified atom stereocenters. The molecule has 1 aliphatic carbocycles. The third kappa shape index (κ3) is 5.03. The molecule has 0 fully saturated rings. The first-order chi connectivity index (χ1) is 13.1. The van der Waals surface area contributed by atoms with Gasteiger partial charge in [0.15, 0.2) is 0 Å². The van der Waals surface area contributed by atoms with Gasteiger partial charge in [-0.15, -0.1) is 12.4 Å². The Hall–Kier alpha value is -2.57. The molecule has 0 bridgehead atoms. The third-order valence-corrected chi connectivity index (χ3v) is 4.87. The highest BCUT2D eigenvalue weighted by Crippen LogP contribution is 2.44. The van der Waals surface area contributed by atoms with Crippen molar-refractivity contribution < 1.29 is 19.4 Å². The Balaban J connectivity index is 0.00000280. The zero-order valence-electron chi connectivity index (χ0n) is 15.5. The number of aliphatic carboxylic acids is 1. The smallest absolute Gasteiger partial charge is 0.407 e. The normalized spacial score (nSPS) is 13.0. The third-order valence-electron chi connectivity index (χ3n) is 4.87. The molecule has 0 saturated heterocycles. The minimum Gasteiger partial charge on any atom is -0.480 e. The Bertz CT molecular complexity index is 782. The number of halogens is 1. The molecule has 1 atom stereocenters. The lowest BCUT2D eigenvalue weighted by Gasteiger charge is -2.14. The van der Waals surface area contributed by atoms with Crippen molar-refractivity contribution in [3.63, 3.8) is 0 Å². The predicted molar refractivity (Wildman–Crippen MR) is 110 cm³/mol. The molecule has 2 aromatic rings. The van der Waals surface area contributed by atoms with Crippen LogP contribution in [0.2, 0.25) is 0 Å². The lowest BCUT2D eigenvalue weighted by atomic mass is 9.98. The van der Waals surface area contributed by atoms with Crippen LogP contribution in [0.5, 0.6) is 0 Å². The molecule has 28 heavy (non-hydrogen) atoms. The van der Waals surface area contributed by atoms with Gasteiger partial charge < -0.3 is 20.9 Å². The number of carbonyl (C=O) groups excluding carboxylic acids is 1. The second kappa shape index (κ2) is 10.1. The second-order valence-corrected chi connectivity index (χ2v) is 6.69. The topological polar surface area (TPSA) is 102 Å². The average molecular weight is 405 g/mol. The zero-order valence-corrected chi connectivity index (χ0v) is 16.3. The van der Waals surface area contributed by atoms with E-state index in [1.54, 1.807) is 0 Å². The number of alkyl carbamates (subject to hydrolysis) is 1. The van der Waals surface area contributed by atoms with Gasteiger partial charge in [0.05, 0.1) is 0 Å². The van der Waals surface area contributed by atoms with E-state index in [0.717, 1.165) is 0 Å². The summed E-state index contributed by atoms with van der Waals surface area (Å²) in [5.41, 5.74) is 10.2. The van der Waals surface area contributed by atoms with Crippen LogP contribution in [-0.2, 0) is 9.53 Å². The van der Waals surface area contributed by atoms with E-state index in [2.05, 4.69) is 29.6 Å². The fourth-order valence-electron chi connectivity index (χ4n) is 3.45. The van der Waals surface area contributed by atoms with E-state index in [4.69, 9.17) is 15.6 Å². The van der Waals surface area contributed by atoms with Crippen molar-refractivity contribution in [2.75, 3.05) is 13.2 Å². The number of carboxylic acids is 1. The van der Waals surface area contributed by atoms with Crippen LogP contribution in [0, 0.1) is 0 Å². The summed E-state index contributed by atoms with van der Waals surface area (Å²) in [6.07, 6.45) is 1.23. The molecule has 1 aliphatic rings. The number of carboxylic acid groups (broad SMARTS) is 1. The van der Waals surface area contributed by atoms with Gasteiger partial charge in [0.25, 0.3) is 0 Å². The standard InChI is InChI=1S/C21H24N2O4.ClH/c22-19(20(24)25)11-5-6-12-23-21(26)27-13-18-16-9-3-1-7-14(16)15-8-2-4-10-17(15)18;/h1-4,7-10,18-19H,5-6,11-13,22H2,(H,23,26)(H,24,25);1H/t19-;/m0./s1. The quantitative estimate of drug-likeness (QED) is 0.584. The number of nitrogens with two attached hydrogens (primary N) is 1. The fraction of sp³-hybridized carbons (Fsp3) is 0.333. The van der Waals surface area contributed by atoms with E-state index in [1.807, 2.05) is 24.3 Å². The Morgan fingerprint density at radius 3 is 2.18 bits per heavy atom. The molecular weight excluding hydrogens is 380 g/mol. The van der Waals surface area contributed by atoms with Gasteiger partial charge in [-0.2, -0.15) is 0 Å². The van der Waals surface area contributed by atoms with Crippen molar-refractivity contribution >= 4 is 24.5 Å². The highest BCUT2D eigenvalue weighted by atomic mass is 35.5. The first kappa shape index (κ1) is 21.7. The van der Waals surface area contributed by atoms with Crippen LogP contribution in [0.4, 0.5) is 4.79 Å². The number of carbonyl (C=O) groups is 2. The maximum atomic E-state index is 12.0. The van der Waals surface area contributed by atoms with Crippen LogP contribution in [0.3, 0.4) is 0 Å². The van der Waals surface area contributed by atoms with Crippen LogP contribution in [0.15, 0.2) is 48.5 Å². The maximum Gasteiger partial charge on any atom is 0.407 e. The minimum atomic E-state index is -1.00. The van der Waals surface area contributed by atoms with Gasteiger partial charge in [0, 0.05) is 12.5 Å². The Morgan fingerprint density at radius 1 is 1.04 bits per heavy atom. The van der Waals surface area contributed by atoms with Gasteiger partial charge in [-0.05, 0) is 41.5 Å². The van der Waals surface area contributed by atoms with Crippen molar-refractivity contribution in [1.29, 1.82) is 0 Å². The first-order valence-electron chi connectivity index (χ1n) is 9.15. The highest BCUT2D eigenvalue weighted by molar-refractivity contribution is 5.85. The van der Waals surface area contributed by atoms with Crippen LogP contribution in [0.25, 0.3) is 11.1 Å². The number of hydrogen-bond donors (Lipinski definition) is 3. The number of rotatable bonds is 8. The molecule has 2 aromatic carbocycles. The molecule has 7 heteroatoms. The van der Waals surface area contributed by atoms with Crippen molar-refractivity contribution in [2.45, 2.75) is 31.2 Å². The summed E-state index contributed by atoms with van der Waals surface area (Å²) in [5, 5.41) is 11.4. The van der Waals surface area contributed by atoms with E-state index < -0.39 is 18.1 Å². The number of unbranched alkanes of at least 4 members (excludes halogenated alkanes) is 1. The minimum absolute atomic E-state index is 0. The lowest BCUT2D eigenvalue weighted by molar-refractivity contribution is -0.138. The van der Waals surface area contributed by atoms with E-state index >= 15 is 0 Å². The Kier molecular flexibility index (Phi) is 7.84. The molecule has 0 aromatic heterocycles. The summed E-state index contributed by atoms with van der Waals surface area (Å²) in [7, 11) is 0. The SMILES string of the molecule is Cl.N[C@@H](CCCCNC(=O)OCC1c2ccccc2-c2ccccc21)C(=O)O. The molecule has 150 valence electrons. The summed E-state index contributed by atoms with van der Waals surface area (Å²) >= 11 is 0. The average Bonchev–Trinajstić information content (AvgIpc) is 3.00. The van der Waals surface area contributed by atoms with Crippen molar-refractivity contribution in [2.24, 2.45) is 5.73 Å². The predicted octanol–water partition coefficient (Wildman–Crippen LogP) is 3.53. The summed E-state index contributed by atoms with van der Waals surface area (Å²) in [6.45, 7) is 0.715. The molecule has 0 aliphatic heterocycles. The van der Waals surface area contributed by atoms with Crippen molar-refractivity contribution in [3.05, 3.63) is 59.7 Å². The molecule has 0 radical (unpaired) electrons. The monoisotopic (exact) mass is 404 g/mol. The van der Waals surface area contributed by atoms with Gasteiger partial charge in [-0.3, -0.25) is 4.79 Å². The van der Waals surface area contributed by atoms with Crippen LogP contribution >= 0.6 is 12.4 Å². The Labute approximate surface area is 170 Å². The fourth-order valence-corrected chi connectivity index (χ4v) is 3.45. The van der Waals surface area contributed by atoms with Crippen LogP contribution < -0.4 is 11.1 Å². The van der Waals surface area contributed by atoms with Gasteiger partial charge in [-0.1, -0.05) is 48.5 Å². The van der Waals surface area contributed by atoms with Crippen molar-refractivity contribution in [1.82, 2.24) is 5.32 Å². The number of hydrogen-bond acceptors (Lipinski definition) is 4. The molecule has 0 spiro atoms. The molecule has 1 amide bonds. The number of fused-ring (bicyclic) bond motifs is 3. The number of nitrogens with one attached hydrogen (secondary N) is 1. The summed E-state index contributed by atoms with van der Waals surface area (Å²) in [6, 6.07) is 15.5. The first-order valence-corrected chi connectivity index (χ1v) is 9.15. The van der Waals surface area contributed by atoms with E-state index in [1.165, 1.54) is 22.3 Å². The van der Waals surface area contributed by atoms with Crippen LogP contribution in [-0.4, -0.2) is 36.4 Å². The van der Waals surface area contributed by atoms with Gasteiger partial charge in [-0.25, -0.2) is 4.79 Å². The molecule has 6 nitrogen and oxygen atoms in total. The largest absolute Gasteiger partial charge is 0.480 e. The van der Waals surface area contributed by atoms with E-state index in [0.29, 0.717) is 25.8 Å². The van der Waals surface area contributed by atoms with Crippen LogP contribution in [0.1, 0.15) is 36.3 Å². The summed E-state index contributed by atoms with van der Waals surface area (Å²) in [4.78, 5) is 22.6. The molecule has 0 saturated carbocycles. The van der Waals surface area contributed by atoms with Gasteiger partial charge in [0.1, 0.15) is 12.6 Å². The lowest BCUT2D eigenvalue weighted by Crippen LogP contribution is -2.30. The number of benzene rings is 2. The van der Waals surface area contributed by atoms with Gasteiger partial charge >= 0.3 is 12.1 Å². The summed E-state index contributed by atoms with van der Waals surface area (Å²) in [5.74, 6) is -0.962. The molecular formula is C21H25ClN2O4. The van der Waals surface area contributed by atoms with Gasteiger partial charge in [0.2, 0.25) is 0 Å². The zero-order chi connectivity index (χ0) is 19.2. The Morgan fingerprint density at radius 2 is 1.61 bits per heavy atom. The van der Waals surface area contributed by atoms with E-state index in [-0.39, 0.29) is 24.9 Å². The summed E-state index contributed by atoms with van der Waals surface area (Å²) < 4.78 is 5.44. The molecule has 3 rings (SSSR count). The number of amides is 1. The number of ether oxygens (including phenoxy) is 1. The second-order valence-electron chi connectivity index (χ2n) is 6.69. The van der Waals surface area contributed by atoms with E-state index in [9.17, 15) is 9.59 Å². The highest BCUT2D eigenvalue weighted by Gasteiger charge is 2.28. The van der Waals surface area contributed by atoms with Crippen molar-refractivity contribution in [3.8, 4) is 11.1 Å². The molecule has 0 heterocycles. The molecule has 4 N–H and O–H groups in total. The maximum absolute atomic E-state index is 12.0.